The van der Waals surface area contributed by atoms with Crippen molar-refractivity contribution in [3.8, 4) is 0 Å². The van der Waals surface area contributed by atoms with E-state index in [0.29, 0.717) is 15.2 Å². The second-order valence-electron chi connectivity index (χ2n) is 3.00. The van der Waals surface area contributed by atoms with Gasteiger partial charge in [0.15, 0.2) is 0 Å². The first kappa shape index (κ1) is 11.4. The fraction of sp³-hybridized carbons (Fsp3) is 0.250. The lowest BCUT2D eigenvalue weighted by Gasteiger charge is -2.20. The first-order valence-electron chi connectivity index (χ1n) is 3.69. The van der Waals surface area contributed by atoms with Gasteiger partial charge in [-0.2, -0.15) is 0 Å². The molecule has 0 aliphatic heterocycles. The number of hydrogen-bond acceptors (Lipinski definition) is 3. The normalized spacial score (nSPS) is 14.9. The third kappa shape index (κ3) is 2.05. The van der Waals surface area contributed by atoms with Crippen molar-refractivity contribution in [3.63, 3.8) is 0 Å². The minimum Gasteiger partial charge on any atom is -0.480 e. The van der Waals surface area contributed by atoms with Crippen LogP contribution in [0.3, 0.4) is 0 Å². The highest BCUT2D eigenvalue weighted by Gasteiger charge is 2.32. The Bertz CT molecular complexity index is 382. The van der Waals surface area contributed by atoms with E-state index in [9.17, 15) is 4.79 Å². The number of rotatable bonds is 2. The number of aromatic nitrogens is 1. The molecule has 4 nitrogen and oxygen atoms in total. The molecule has 0 aromatic carbocycles. The lowest BCUT2D eigenvalue weighted by Crippen LogP contribution is -2.42. The molecule has 0 aliphatic rings. The van der Waals surface area contributed by atoms with Crippen molar-refractivity contribution in [1.82, 2.24) is 4.98 Å². The Kier molecular flexibility index (Phi) is 3.14. The summed E-state index contributed by atoms with van der Waals surface area (Å²) in [5.74, 6) is -1.14. The highest BCUT2D eigenvalue weighted by Crippen LogP contribution is 2.27. The highest BCUT2D eigenvalue weighted by atomic mass is 79.9. The zero-order chi connectivity index (χ0) is 10.9. The second-order valence-corrected chi connectivity index (χ2v) is 4.19. The summed E-state index contributed by atoms with van der Waals surface area (Å²) >= 11 is 8.82. The fourth-order valence-electron chi connectivity index (χ4n) is 0.902. The van der Waals surface area contributed by atoms with Crippen LogP contribution in [0.4, 0.5) is 0 Å². The van der Waals surface area contributed by atoms with Crippen molar-refractivity contribution in [2.45, 2.75) is 12.5 Å². The first-order valence-corrected chi connectivity index (χ1v) is 4.86. The van der Waals surface area contributed by atoms with Gasteiger partial charge in [0.05, 0.1) is 5.02 Å². The molecule has 0 aliphatic carbocycles. The number of carboxylic acid groups (broad SMARTS) is 1. The Hall–Kier alpha value is -0.650. The van der Waals surface area contributed by atoms with Gasteiger partial charge in [-0.15, -0.1) is 0 Å². The molecule has 1 rings (SSSR count). The molecule has 0 amide bonds. The monoisotopic (exact) mass is 278 g/mol. The van der Waals surface area contributed by atoms with Gasteiger partial charge in [-0.05, 0) is 28.9 Å². The summed E-state index contributed by atoms with van der Waals surface area (Å²) in [6.45, 7) is 1.38. The summed E-state index contributed by atoms with van der Waals surface area (Å²) in [6, 6.07) is 1.48. The van der Waals surface area contributed by atoms with E-state index >= 15 is 0 Å². The molecular formula is C8H8BrClN2O2. The van der Waals surface area contributed by atoms with E-state index in [1.165, 1.54) is 19.2 Å². The third-order valence-electron chi connectivity index (χ3n) is 1.81. The molecular weight excluding hydrogens is 271 g/mol. The SMILES string of the molecule is C[C@](N)(C(=O)O)c1cc(Cl)cnc1Br. The molecule has 0 unspecified atom stereocenters. The van der Waals surface area contributed by atoms with Crippen molar-refractivity contribution >= 4 is 33.5 Å². The molecule has 14 heavy (non-hydrogen) atoms. The highest BCUT2D eigenvalue weighted by molar-refractivity contribution is 9.10. The van der Waals surface area contributed by atoms with Gasteiger partial charge >= 0.3 is 5.97 Å². The lowest BCUT2D eigenvalue weighted by atomic mass is 9.95. The summed E-state index contributed by atoms with van der Waals surface area (Å²) in [4.78, 5) is 14.7. The van der Waals surface area contributed by atoms with Crippen LogP contribution in [0.15, 0.2) is 16.9 Å². The molecule has 0 bridgehead atoms. The Balaban J connectivity index is 3.31. The van der Waals surface area contributed by atoms with Crippen LogP contribution in [-0.4, -0.2) is 16.1 Å². The standard InChI is InChI=1S/C8H8BrClN2O2/c1-8(11,7(13)14)5-2-4(10)3-12-6(5)9/h2-3H,11H2,1H3,(H,13,14)/t8-/m1/s1. The predicted molar refractivity (Wildman–Crippen MR) is 56.1 cm³/mol. The van der Waals surface area contributed by atoms with Gasteiger partial charge in [0, 0.05) is 11.8 Å². The predicted octanol–water partition coefficient (Wildman–Crippen LogP) is 1.76. The van der Waals surface area contributed by atoms with Crippen LogP contribution < -0.4 is 5.73 Å². The lowest BCUT2D eigenvalue weighted by molar-refractivity contribution is -0.143. The summed E-state index contributed by atoms with van der Waals surface area (Å²) in [5.41, 5.74) is 4.46. The van der Waals surface area contributed by atoms with E-state index < -0.39 is 11.5 Å². The number of carboxylic acids is 1. The molecule has 0 fully saturated rings. The summed E-state index contributed by atoms with van der Waals surface area (Å²) in [6.07, 6.45) is 1.41. The first-order chi connectivity index (χ1) is 6.35. The van der Waals surface area contributed by atoms with E-state index in [4.69, 9.17) is 22.4 Å². The second kappa shape index (κ2) is 3.84. The average molecular weight is 280 g/mol. The van der Waals surface area contributed by atoms with Crippen molar-refractivity contribution in [3.05, 3.63) is 27.5 Å². The average Bonchev–Trinajstić information content (AvgIpc) is 2.08. The van der Waals surface area contributed by atoms with Crippen LogP contribution in [0.2, 0.25) is 5.02 Å². The van der Waals surface area contributed by atoms with Crippen molar-refractivity contribution in [2.24, 2.45) is 5.73 Å². The molecule has 1 aromatic rings. The van der Waals surface area contributed by atoms with E-state index in [1.807, 2.05) is 0 Å². The number of halogens is 2. The van der Waals surface area contributed by atoms with E-state index in [1.54, 1.807) is 0 Å². The van der Waals surface area contributed by atoms with Gasteiger partial charge in [-0.3, -0.25) is 0 Å². The van der Waals surface area contributed by atoms with Gasteiger partial charge < -0.3 is 10.8 Å². The molecule has 1 aromatic heterocycles. The minimum atomic E-state index is -1.50. The quantitative estimate of drug-likeness (QED) is 0.809. The molecule has 0 spiro atoms. The molecule has 76 valence electrons. The van der Waals surface area contributed by atoms with Crippen LogP contribution in [0.25, 0.3) is 0 Å². The number of carbonyl (C=O) groups is 1. The Morgan fingerprint density at radius 1 is 1.79 bits per heavy atom. The van der Waals surface area contributed by atoms with Gasteiger partial charge in [0.1, 0.15) is 10.1 Å². The molecule has 6 heteroatoms. The minimum absolute atomic E-state index is 0.345. The van der Waals surface area contributed by atoms with Crippen LogP contribution in [0, 0.1) is 0 Å². The van der Waals surface area contributed by atoms with Gasteiger partial charge in [0.25, 0.3) is 0 Å². The van der Waals surface area contributed by atoms with E-state index in [-0.39, 0.29) is 0 Å². The molecule has 0 saturated carbocycles. The third-order valence-corrected chi connectivity index (χ3v) is 2.65. The zero-order valence-corrected chi connectivity index (χ0v) is 9.63. The Labute approximate surface area is 94.2 Å². The van der Waals surface area contributed by atoms with Gasteiger partial charge in [-0.1, -0.05) is 11.6 Å². The van der Waals surface area contributed by atoms with Gasteiger partial charge in [0.2, 0.25) is 0 Å². The molecule has 1 heterocycles. The molecule has 3 N–H and O–H groups in total. The van der Waals surface area contributed by atoms with Gasteiger partial charge in [-0.25, -0.2) is 9.78 Å². The topological polar surface area (TPSA) is 76.2 Å². The number of aliphatic carboxylic acids is 1. The maximum absolute atomic E-state index is 10.9. The van der Waals surface area contributed by atoms with Crippen LogP contribution in [0.1, 0.15) is 12.5 Å². The Morgan fingerprint density at radius 3 is 2.86 bits per heavy atom. The number of pyridine rings is 1. The maximum atomic E-state index is 10.9. The summed E-state index contributed by atoms with van der Waals surface area (Å²) in [7, 11) is 0. The van der Waals surface area contributed by atoms with Crippen molar-refractivity contribution < 1.29 is 9.90 Å². The summed E-state index contributed by atoms with van der Waals surface area (Å²) < 4.78 is 0.384. The molecule has 0 saturated heterocycles. The molecule has 1 atom stereocenters. The fourth-order valence-corrected chi connectivity index (χ4v) is 1.69. The Morgan fingerprint density at radius 2 is 2.36 bits per heavy atom. The number of nitrogens with zero attached hydrogens (tertiary/aromatic N) is 1. The number of nitrogens with two attached hydrogens (primary N) is 1. The van der Waals surface area contributed by atoms with Crippen LogP contribution >= 0.6 is 27.5 Å². The van der Waals surface area contributed by atoms with Crippen LogP contribution in [0.5, 0.6) is 0 Å². The van der Waals surface area contributed by atoms with E-state index in [0.717, 1.165) is 0 Å². The zero-order valence-electron chi connectivity index (χ0n) is 7.29. The van der Waals surface area contributed by atoms with Crippen molar-refractivity contribution in [1.29, 1.82) is 0 Å². The van der Waals surface area contributed by atoms with Crippen LogP contribution in [-0.2, 0) is 10.3 Å². The maximum Gasteiger partial charge on any atom is 0.328 e. The van der Waals surface area contributed by atoms with Crippen molar-refractivity contribution in [2.75, 3.05) is 0 Å². The molecule has 0 radical (unpaired) electrons. The summed E-state index contributed by atoms with van der Waals surface area (Å²) in [5, 5.41) is 9.24. The largest absolute Gasteiger partial charge is 0.480 e. The number of hydrogen-bond donors (Lipinski definition) is 2. The smallest absolute Gasteiger partial charge is 0.328 e. The van der Waals surface area contributed by atoms with E-state index in [2.05, 4.69) is 20.9 Å².